The molecule has 1 aromatic heterocycles. The van der Waals surface area contributed by atoms with E-state index in [0.29, 0.717) is 18.4 Å². The summed E-state index contributed by atoms with van der Waals surface area (Å²) in [5, 5.41) is 13.0. The Labute approximate surface area is 185 Å². The Morgan fingerprint density at radius 2 is 1.91 bits per heavy atom. The standard InChI is InChI=1S/C21H19F4N3O3S/c1-2-31-19(30)20(21(23,24)25,27-17(29)13-8-3-5-9-15(13)22)28-18-14(11-26)12-7-4-6-10-16(12)32-18/h3,5,8-9,28H,2,4,6-7,10H2,1H3,(H,27,29). The number of carbonyl (C=O) groups is 2. The number of rotatable bonds is 6. The summed E-state index contributed by atoms with van der Waals surface area (Å²) in [6, 6.07) is 6.33. The van der Waals surface area contributed by atoms with Gasteiger partial charge in [-0.3, -0.25) is 4.79 Å². The van der Waals surface area contributed by atoms with E-state index in [1.807, 2.05) is 6.07 Å². The van der Waals surface area contributed by atoms with Crippen LogP contribution >= 0.6 is 11.3 Å². The van der Waals surface area contributed by atoms with E-state index in [2.05, 4.69) is 10.1 Å². The van der Waals surface area contributed by atoms with Crippen molar-refractivity contribution >= 4 is 28.2 Å². The number of amides is 1. The van der Waals surface area contributed by atoms with Crippen molar-refractivity contribution in [1.82, 2.24) is 5.32 Å². The molecule has 2 N–H and O–H groups in total. The van der Waals surface area contributed by atoms with Crippen LogP contribution in [0, 0.1) is 17.1 Å². The van der Waals surface area contributed by atoms with Crippen molar-refractivity contribution in [3.05, 3.63) is 51.7 Å². The zero-order valence-corrected chi connectivity index (χ0v) is 17.8. The molecule has 0 fully saturated rings. The first-order chi connectivity index (χ1) is 15.1. The molecule has 1 unspecified atom stereocenters. The van der Waals surface area contributed by atoms with Gasteiger partial charge in [-0.2, -0.15) is 18.4 Å². The maximum atomic E-state index is 14.4. The highest BCUT2D eigenvalue weighted by Gasteiger charge is 2.64. The summed E-state index contributed by atoms with van der Waals surface area (Å²) in [4.78, 5) is 26.0. The van der Waals surface area contributed by atoms with Crippen molar-refractivity contribution in [1.29, 1.82) is 5.26 Å². The van der Waals surface area contributed by atoms with E-state index in [0.717, 1.165) is 41.2 Å². The quantitative estimate of drug-likeness (QED) is 0.374. The van der Waals surface area contributed by atoms with E-state index < -0.39 is 41.7 Å². The van der Waals surface area contributed by atoms with E-state index in [1.54, 1.807) is 5.32 Å². The number of alkyl halides is 3. The molecule has 0 spiro atoms. The predicted octanol–water partition coefficient (Wildman–Crippen LogP) is 4.30. The lowest BCUT2D eigenvalue weighted by Crippen LogP contribution is -2.69. The molecule has 11 heteroatoms. The molecule has 0 bridgehead atoms. The van der Waals surface area contributed by atoms with Gasteiger partial charge in [-0.05, 0) is 50.3 Å². The second kappa shape index (κ2) is 9.16. The van der Waals surface area contributed by atoms with Crippen molar-refractivity contribution in [3.8, 4) is 6.07 Å². The molecular weight excluding hydrogens is 450 g/mol. The Hall–Kier alpha value is -3.13. The van der Waals surface area contributed by atoms with Gasteiger partial charge in [0.15, 0.2) is 0 Å². The van der Waals surface area contributed by atoms with Crippen LogP contribution in [-0.2, 0) is 22.4 Å². The molecule has 1 aliphatic carbocycles. The fraction of sp³-hybridized carbons (Fsp3) is 0.381. The number of aryl methyl sites for hydroxylation is 1. The van der Waals surface area contributed by atoms with Gasteiger partial charge in [0.25, 0.3) is 5.91 Å². The molecule has 0 saturated heterocycles. The number of hydrogen-bond donors (Lipinski definition) is 2. The molecule has 170 valence electrons. The fourth-order valence-electron chi connectivity index (χ4n) is 3.46. The first-order valence-corrected chi connectivity index (χ1v) is 10.6. The molecule has 1 heterocycles. The Balaban J connectivity index is 2.11. The number of thiophene rings is 1. The lowest BCUT2D eigenvalue weighted by atomic mass is 9.96. The average molecular weight is 469 g/mol. The highest BCUT2D eigenvalue weighted by atomic mass is 32.1. The highest BCUT2D eigenvalue weighted by molar-refractivity contribution is 7.16. The average Bonchev–Trinajstić information content (AvgIpc) is 3.09. The molecule has 1 amide bonds. The predicted molar refractivity (Wildman–Crippen MR) is 109 cm³/mol. The number of fused-ring (bicyclic) bond motifs is 1. The van der Waals surface area contributed by atoms with E-state index in [9.17, 15) is 32.4 Å². The van der Waals surface area contributed by atoms with E-state index in [4.69, 9.17) is 0 Å². The van der Waals surface area contributed by atoms with Gasteiger partial charge in [0.05, 0.1) is 17.7 Å². The second-order valence-corrected chi connectivity index (χ2v) is 8.16. The van der Waals surface area contributed by atoms with Crippen molar-refractivity contribution in [2.75, 3.05) is 11.9 Å². The number of carbonyl (C=O) groups excluding carboxylic acids is 2. The van der Waals surface area contributed by atoms with E-state index in [-0.39, 0.29) is 10.6 Å². The summed E-state index contributed by atoms with van der Waals surface area (Å²) in [5.74, 6) is -4.36. The minimum atomic E-state index is -5.39. The van der Waals surface area contributed by atoms with Gasteiger partial charge in [0, 0.05) is 4.88 Å². The van der Waals surface area contributed by atoms with Crippen LogP contribution in [0.4, 0.5) is 22.6 Å². The Bertz CT molecular complexity index is 1080. The number of halogens is 4. The van der Waals surface area contributed by atoms with Gasteiger partial charge < -0.3 is 15.4 Å². The van der Waals surface area contributed by atoms with E-state index in [1.165, 1.54) is 19.1 Å². The van der Waals surface area contributed by atoms with Gasteiger partial charge in [-0.15, -0.1) is 11.3 Å². The number of ether oxygens (including phenoxy) is 1. The van der Waals surface area contributed by atoms with Crippen LogP contribution in [0.15, 0.2) is 24.3 Å². The van der Waals surface area contributed by atoms with Crippen LogP contribution in [0.5, 0.6) is 0 Å². The third kappa shape index (κ3) is 4.27. The van der Waals surface area contributed by atoms with E-state index >= 15 is 0 Å². The fourth-order valence-corrected chi connectivity index (χ4v) is 4.75. The Morgan fingerprint density at radius 3 is 2.53 bits per heavy atom. The molecule has 1 aromatic carbocycles. The summed E-state index contributed by atoms with van der Waals surface area (Å²) in [5.41, 5.74) is -3.80. The first kappa shape index (κ1) is 23.5. The molecule has 6 nitrogen and oxygen atoms in total. The molecule has 3 rings (SSSR count). The topological polar surface area (TPSA) is 91.2 Å². The van der Waals surface area contributed by atoms with Crippen LogP contribution in [0.3, 0.4) is 0 Å². The van der Waals surface area contributed by atoms with Gasteiger partial charge in [-0.1, -0.05) is 12.1 Å². The molecule has 2 aromatic rings. The molecule has 32 heavy (non-hydrogen) atoms. The van der Waals surface area contributed by atoms with Crippen molar-refractivity contribution < 1.29 is 31.9 Å². The van der Waals surface area contributed by atoms with Gasteiger partial charge in [-0.25, -0.2) is 9.18 Å². The van der Waals surface area contributed by atoms with Gasteiger partial charge in [0.1, 0.15) is 16.9 Å². The van der Waals surface area contributed by atoms with Crippen molar-refractivity contribution in [2.45, 2.75) is 44.4 Å². The summed E-state index contributed by atoms with van der Waals surface area (Å²) < 4.78 is 61.8. The zero-order valence-electron chi connectivity index (χ0n) is 16.9. The molecule has 0 aliphatic heterocycles. The lowest BCUT2D eigenvalue weighted by molar-refractivity contribution is -0.204. The van der Waals surface area contributed by atoms with Gasteiger partial charge >= 0.3 is 17.8 Å². The number of nitrogens with one attached hydrogen (secondary N) is 2. The zero-order chi connectivity index (χ0) is 23.5. The van der Waals surface area contributed by atoms with Crippen molar-refractivity contribution in [2.24, 2.45) is 0 Å². The summed E-state index contributed by atoms with van der Waals surface area (Å²) in [7, 11) is 0. The largest absolute Gasteiger partial charge is 0.463 e. The number of hydrogen-bond acceptors (Lipinski definition) is 6. The highest BCUT2D eigenvalue weighted by Crippen LogP contribution is 2.41. The van der Waals surface area contributed by atoms with Gasteiger partial charge in [0.2, 0.25) is 0 Å². The number of anilines is 1. The molecule has 0 saturated carbocycles. The molecule has 0 radical (unpaired) electrons. The SMILES string of the molecule is CCOC(=O)C(NC(=O)c1ccccc1F)(Nc1sc2c(c1C#N)CCCC2)C(F)(F)F. The third-order valence-electron chi connectivity index (χ3n) is 5.01. The number of esters is 1. The number of nitrogens with zero attached hydrogens (tertiary/aromatic N) is 1. The maximum absolute atomic E-state index is 14.4. The van der Waals surface area contributed by atoms with Crippen LogP contribution < -0.4 is 10.6 Å². The number of benzene rings is 1. The Kier molecular flexibility index (Phi) is 6.74. The van der Waals surface area contributed by atoms with Crippen LogP contribution in [0.1, 0.15) is 46.1 Å². The second-order valence-electron chi connectivity index (χ2n) is 7.05. The molecular formula is C21H19F4N3O3S. The minimum absolute atomic E-state index is 0.0113. The normalized spacial score (nSPS) is 15.1. The third-order valence-corrected chi connectivity index (χ3v) is 6.22. The minimum Gasteiger partial charge on any atom is -0.463 e. The summed E-state index contributed by atoms with van der Waals surface area (Å²) in [6.45, 7) is 0.905. The number of nitriles is 1. The summed E-state index contributed by atoms with van der Waals surface area (Å²) >= 11 is 0.924. The van der Waals surface area contributed by atoms with Crippen LogP contribution in [0.25, 0.3) is 0 Å². The molecule has 1 aliphatic rings. The molecule has 1 atom stereocenters. The van der Waals surface area contributed by atoms with Crippen LogP contribution in [0.2, 0.25) is 0 Å². The maximum Gasteiger partial charge on any atom is 0.441 e. The smallest absolute Gasteiger partial charge is 0.441 e. The monoisotopic (exact) mass is 469 g/mol. The van der Waals surface area contributed by atoms with Crippen LogP contribution in [-0.4, -0.2) is 30.3 Å². The van der Waals surface area contributed by atoms with Crippen molar-refractivity contribution in [3.63, 3.8) is 0 Å². The lowest BCUT2D eigenvalue weighted by Gasteiger charge is -2.35. The summed E-state index contributed by atoms with van der Waals surface area (Å²) in [6.07, 6.45) is -2.67. The first-order valence-electron chi connectivity index (χ1n) is 9.78. The Morgan fingerprint density at radius 1 is 1.22 bits per heavy atom.